The minimum atomic E-state index is -0.0602. The van der Waals surface area contributed by atoms with E-state index in [-0.39, 0.29) is 5.72 Å². The predicted molar refractivity (Wildman–Crippen MR) is 55.6 cm³/mol. The molecule has 0 amide bonds. The Labute approximate surface area is 82.0 Å². The van der Waals surface area contributed by atoms with Crippen LogP contribution in [0.15, 0.2) is 0 Å². The van der Waals surface area contributed by atoms with Gasteiger partial charge in [0.1, 0.15) is 5.72 Å². The van der Waals surface area contributed by atoms with Crippen LogP contribution in [0.4, 0.5) is 0 Å². The normalized spacial score (nSPS) is 31.4. The van der Waals surface area contributed by atoms with E-state index < -0.39 is 0 Å². The Bertz CT molecular complexity index is 175. The van der Waals surface area contributed by atoms with Gasteiger partial charge >= 0.3 is 0 Å². The molecular formula is C11H23NO. The average Bonchev–Trinajstić information content (AvgIpc) is 2.27. The number of rotatable bonds is 4. The van der Waals surface area contributed by atoms with Crippen LogP contribution in [0.25, 0.3) is 0 Å². The van der Waals surface area contributed by atoms with Gasteiger partial charge in [0.2, 0.25) is 0 Å². The minimum absolute atomic E-state index is 0.0602. The van der Waals surface area contributed by atoms with Gasteiger partial charge < -0.3 is 4.74 Å². The first-order valence-corrected chi connectivity index (χ1v) is 5.25. The average molecular weight is 185 g/mol. The molecule has 1 N–H and O–H groups in total. The molecule has 1 aliphatic rings. The van der Waals surface area contributed by atoms with Gasteiger partial charge in [-0.25, -0.2) is 0 Å². The zero-order valence-corrected chi connectivity index (χ0v) is 9.77. The van der Waals surface area contributed by atoms with Gasteiger partial charge in [-0.15, -0.1) is 0 Å². The van der Waals surface area contributed by atoms with E-state index in [0.717, 1.165) is 6.42 Å². The summed E-state index contributed by atoms with van der Waals surface area (Å²) >= 11 is 0. The zero-order valence-electron chi connectivity index (χ0n) is 9.77. The van der Waals surface area contributed by atoms with Crippen LogP contribution in [0.5, 0.6) is 0 Å². The fraction of sp³-hybridized carbons (Fsp3) is 1.00. The Balaban J connectivity index is 2.58. The molecule has 0 heterocycles. The molecule has 0 spiro atoms. The largest absolute Gasteiger partial charge is 0.357 e. The van der Waals surface area contributed by atoms with Crippen molar-refractivity contribution in [2.45, 2.75) is 65.8 Å². The fourth-order valence-electron chi connectivity index (χ4n) is 1.93. The van der Waals surface area contributed by atoms with E-state index in [9.17, 15) is 0 Å². The molecule has 0 aromatic carbocycles. The Morgan fingerprint density at radius 2 is 1.62 bits per heavy atom. The van der Waals surface area contributed by atoms with Crippen molar-refractivity contribution < 1.29 is 4.74 Å². The SMILES string of the molecule is CC(C)NC1(OC(C)C)CC1(C)C. The molecule has 0 aliphatic heterocycles. The van der Waals surface area contributed by atoms with E-state index >= 15 is 0 Å². The van der Waals surface area contributed by atoms with Gasteiger partial charge in [0, 0.05) is 11.5 Å². The highest BCUT2D eigenvalue weighted by Crippen LogP contribution is 2.56. The molecule has 1 aliphatic carbocycles. The summed E-state index contributed by atoms with van der Waals surface area (Å²) < 4.78 is 5.96. The molecule has 2 nitrogen and oxygen atoms in total. The number of hydrogen-bond donors (Lipinski definition) is 1. The van der Waals surface area contributed by atoms with Crippen molar-refractivity contribution in [2.75, 3.05) is 0 Å². The highest BCUT2D eigenvalue weighted by Gasteiger charge is 2.63. The molecule has 0 radical (unpaired) electrons. The summed E-state index contributed by atoms with van der Waals surface area (Å²) in [5.74, 6) is 0. The van der Waals surface area contributed by atoms with Gasteiger partial charge in [0.25, 0.3) is 0 Å². The van der Waals surface area contributed by atoms with Crippen molar-refractivity contribution in [3.8, 4) is 0 Å². The van der Waals surface area contributed by atoms with Crippen LogP contribution in [-0.2, 0) is 4.74 Å². The van der Waals surface area contributed by atoms with Gasteiger partial charge in [-0.05, 0) is 34.1 Å². The molecule has 2 heteroatoms. The van der Waals surface area contributed by atoms with Crippen LogP contribution in [-0.4, -0.2) is 17.9 Å². The summed E-state index contributed by atoms with van der Waals surface area (Å²) in [6, 6.07) is 0.487. The molecule has 1 fully saturated rings. The van der Waals surface area contributed by atoms with Crippen LogP contribution in [0, 0.1) is 5.41 Å². The zero-order chi connectivity index (χ0) is 10.3. The van der Waals surface area contributed by atoms with Crippen LogP contribution in [0.3, 0.4) is 0 Å². The third kappa shape index (κ3) is 2.23. The third-order valence-electron chi connectivity index (χ3n) is 2.62. The molecule has 1 saturated carbocycles. The quantitative estimate of drug-likeness (QED) is 0.680. The summed E-state index contributed by atoms with van der Waals surface area (Å²) in [5, 5.41) is 3.53. The lowest BCUT2D eigenvalue weighted by Gasteiger charge is -2.27. The highest BCUT2D eigenvalue weighted by atomic mass is 16.5. The van der Waals surface area contributed by atoms with E-state index in [1.807, 2.05) is 0 Å². The summed E-state index contributed by atoms with van der Waals surface area (Å²) in [6.07, 6.45) is 1.42. The number of ether oxygens (including phenoxy) is 1. The maximum Gasteiger partial charge on any atom is 0.125 e. The van der Waals surface area contributed by atoms with Crippen LogP contribution in [0.1, 0.15) is 48.0 Å². The monoisotopic (exact) mass is 185 g/mol. The van der Waals surface area contributed by atoms with Gasteiger partial charge in [0.15, 0.2) is 0 Å². The predicted octanol–water partition coefficient (Wildman–Crippen LogP) is 2.54. The van der Waals surface area contributed by atoms with Crippen molar-refractivity contribution in [3.63, 3.8) is 0 Å². The maximum atomic E-state index is 5.96. The first kappa shape index (κ1) is 11.0. The minimum Gasteiger partial charge on any atom is -0.357 e. The van der Waals surface area contributed by atoms with E-state index in [1.165, 1.54) is 0 Å². The van der Waals surface area contributed by atoms with Crippen LogP contribution < -0.4 is 5.32 Å². The number of nitrogens with one attached hydrogen (secondary N) is 1. The van der Waals surface area contributed by atoms with Crippen molar-refractivity contribution >= 4 is 0 Å². The molecular weight excluding hydrogens is 162 g/mol. The van der Waals surface area contributed by atoms with Crippen LogP contribution in [0.2, 0.25) is 0 Å². The van der Waals surface area contributed by atoms with Crippen molar-refractivity contribution in [1.29, 1.82) is 0 Å². The molecule has 0 aromatic heterocycles. The van der Waals surface area contributed by atoms with Crippen LogP contribution >= 0.6 is 0 Å². The molecule has 0 aromatic rings. The Hall–Kier alpha value is -0.0800. The second-order valence-electron chi connectivity index (χ2n) is 5.35. The first-order chi connectivity index (χ1) is 5.79. The molecule has 0 saturated heterocycles. The second kappa shape index (κ2) is 3.25. The first-order valence-electron chi connectivity index (χ1n) is 5.25. The van der Waals surface area contributed by atoms with E-state index in [1.54, 1.807) is 0 Å². The second-order valence-corrected chi connectivity index (χ2v) is 5.35. The lowest BCUT2D eigenvalue weighted by atomic mass is 10.1. The molecule has 1 unspecified atom stereocenters. The van der Waals surface area contributed by atoms with Gasteiger partial charge in [-0.1, -0.05) is 13.8 Å². The Kier molecular flexibility index (Phi) is 2.75. The topological polar surface area (TPSA) is 21.3 Å². The fourth-order valence-corrected chi connectivity index (χ4v) is 1.93. The summed E-state index contributed by atoms with van der Waals surface area (Å²) in [6.45, 7) is 13.0. The Morgan fingerprint density at radius 1 is 1.15 bits per heavy atom. The van der Waals surface area contributed by atoms with E-state index in [4.69, 9.17) is 4.74 Å². The van der Waals surface area contributed by atoms with Crippen molar-refractivity contribution in [1.82, 2.24) is 5.32 Å². The van der Waals surface area contributed by atoms with E-state index in [2.05, 4.69) is 46.9 Å². The van der Waals surface area contributed by atoms with Gasteiger partial charge in [-0.2, -0.15) is 0 Å². The molecule has 13 heavy (non-hydrogen) atoms. The molecule has 1 atom stereocenters. The standard InChI is InChI=1S/C11H23NO/c1-8(2)12-11(13-9(3)4)7-10(11,5)6/h8-9,12H,7H2,1-6H3. The smallest absolute Gasteiger partial charge is 0.125 e. The Morgan fingerprint density at radius 3 is 1.85 bits per heavy atom. The lowest BCUT2D eigenvalue weighted by Crippen LogP contribution is -2.44. The highest BCUT2D eigenvalue weighted by molar-refractivity contribution is 5.11. The molecule has 78 valence electrons. The van der Waals surface area contributed by atoms with Crippen molar-refractivity contribution in [3.05, 3.63) is 0 Å². The molecule has 1 rings (SSSR count). The van der Waals surface area contributed by atoms with Gasteiger partial charge in [-0.3, -0.25) is 5.32 Å². The number of hydrogen-bond acceptors (Lipinski definition) is 2. The maximum absolute atomic E-state index is 5.96. The third-order valence-corrected chi connectivity index (χ3v) is 2.62. The lowest BCUT2D eigenvalue weighted by molar-refractivity contribution is -0.0589. The van der Waals surface area contributed by atoms with Gasteiger partial charge in [0.05, 0.1) is 6.10 Å². The summed E-state index contributed by atoms with van der Waals surface area (Å²) in [5.41, 5.74) is 0.233. The summed E-state index contributed by atoms with van der Waals surface area (Å²) in [4.78, 5) is 0. The van der Waals surface area contributed by atoms with Crippen molar-refractivity contribution in [2.24, 2.45) is 5.41 Å². The van der Waals surface area contributed by atoms with E-state index in [0.29, 0.717) is 17.6 Å². The molecule has 0 bridgehead atoms. The summed E-state index contributed by atoms with van der Waals surface area (Å²) in [7, 11) is 0.